The van der Waals surface area contributed by atoms with E-state index in [4.69, 9.17) is 10.5 Å². The lowest BCUT2D eigenvalue weighted by molar-refractivity contribution is -0.144. The minimum atomic E-state index is -0.213. The number of hydrazone groups is 1. The van der Waals surface area contributed by atoms with Crippen molar-refractivity contribution in [2.45, 2.75) is 99.0 Å². The average molecular weight is 518 g/mol. The highest BCUT2D eigenvalue weighted by Crippen LogP contribution is 2.32. The molecule has 0 aromatic heterocycles. The van der Waals surface area contributed by atoms with Gasteiger partial charge in [0.15, 0.2) is 0 Å². The van der Waals surface area contributed by atoms with Crippen molar-refractivity contribution in [3.8, 4) is 0 Å². The summed E-state index contributed by atoms with van der Waals surface area (Å²) in [6.45, 7) is 16.6. The summed E-state index contributed by atoms with van der Waals surface area (Å²) in [4.78, 5) is 10.0. The Hall–Kier alpha value is -2.41. The van der Waals surface area contributed by atoms with E-state index < -0.39 is 0 Å². The lowest BCUT2D eigenvalue weighted by atomic mass is 9.97. The van der Waals surface area contributed by atoms with Crippen molar-refractivity contribution in [3.63, 3.8) is 0 Å². The van der Waals surface area contributed by atoms with Crippen LogP contribution in [0.2, 0.25) is 0 Å². The van der Waals surface area contributed by atoms with Gasteiger partial charge in [-0.3, -0.25) is 4.79 Å². The number of allylic oxidation sites excluding steroid dienone is 1. The van der Waals surface area contributed by atoms with Crippen LogP contribution in [0.15, 0.2) is 47.2 Å². The van der Waals surface area contributed by atoms with E-state index in [1.165, 1.54) is 68.3 Å². The molecule has 0 saturated carbocycles. The van der Waals surface area contributed by atoms with E-state index in [1.54, 1.807) is 0 Å². The third-order valence-electron chi connectivity index (χ3n) is 5.49. The van der Waals surface area contributed by atoms with E-state index in [0.717, 1.165) is 30.2 Å². The van der Waals surface area contributed by atoms with Gasteiger partial charge < -0.3 is 15.2 Å². The zero-order valence-electron chi connectivity index (χ0n) is 23.2. The molecule has 0 radical (unpaired) electrons. The first-order valence-corrected chi connectivity index (χ1v) is 14.1. The van der Waals surface area contributed by atoms with Gasteiger partial charge in [-0.2, -0.15) is 0 Å². The molecule has 0 saturated heterocycles. The maximum Gasteiger partial charge on any atom is 0.302 e. The van der Waals surface area contributed by atoms with Crippen LogP contribution in [0.1, 0.15) is 98.5 Å². The summed E-state index contributed by atoms with van der Waals surface area (Å²) in [5, 5.41) is 8.09. The number of nitrogens with zero attached hydrogens (tertiary/aromatic N) is 2. The van der Waals surface area contributed by atoms with Crippen molar-refractivity contribution in [3.05, 3.63) is 47.6 Å². The first-order chi connectivity index (χ1) is 17.2. The highest BCUT2D eigenvalue weighted by atomic mass is 32.2. The first kappa shape index (κ1) is 31.6. The molecule has 0 bridgehead atoms. The van der Waals surface area contributed by atoms with Crippen molar-refractivity contribution < 1.29 is 14.3 Å². The molecule has 2 rings (SSSR count). The van der Waals surface area contributed by atoms with Crippen LogP contribution in [0.3, 0.4) is 0 Å². The molecule has 1 aromatic carbocycles. The van der Waals surface area contributed by atoms with Gasteiger partial charge in [0.25, 0.3) is 5.23 Å². The largest absolute Gasteiger partial charge is 0.471 e. The summed E-state index contributed by atoms with van der Waals surface area (Å²) in [5.74, 6) is 0.396. The number of unbranched alkanes of at least 4 members (excludes halogenated alkanes) is 2. The standard InChI is InChI=1S/C24H37N3OS.C5H10O2/c1-5-8-9-12-20(10-6-2)18-28-24-26-27(19(4)29-24)17-22(11-7-3)21-13-15-23(25)16-14-21;1-4(2)7-5(3)6/h13-17,20H,4-12,18,25H2,1-3H3;4H,1-3H3/b22-17+;. The fraction of sp³-hybridized carbons (Fsp3) is 0.586. The number of carbonyl (C=O) groups is 1. The molecule has 2 N–H and O–H groups in total. The summed E-state index contributed by atoms with van der Waals surface area (Å²) in [5.41, 5.74) is 9.01. The number of nitrogens with two attached hydrogens (primary N) is 1. The Morgan fingerprint density at radius 3 is 2.33 bits per heavy atom. The average Bonchev–Trinajstić information content (AvgIpc) is 3.16. The molecule has 1 aliphatic heterocycles. The van der Waals surface area contributed by atoms with E-state index in [0.29, 0.717) is 11.1 Å². The summed E-state index contributed by atoms with van der Waals surface area (Å²) in [6, 6.07) is 8.01. The number of nitrogen functional groups attached to an aromatic ring is 1. The number of rotatable bonds is 13. The normalized spacial score (nSPS) is 14.3. The fourth-order valence-electron chi connectivity index (χ4n) is 3.79. The van der Waals surface area contributed by atoms with E-state index in [2.05, 4.69) is 55.5 Å². The van der Waals surface area contributed by atoms with Crippen LogP contribution in [0.5, 0.6) is 0 Å². The van der Waals surface area contributed by atoms with E-state index in [-0.39, 0.29) is 12.1 Å². The highest BCUT2D eigenvalue weighted by molar-refractivity contribution is 8.17. The molecule has 6 nitrogen and oxygen atoms in total. The molecule has 1 heterocycles. The van der Waals surface area contributed by atoms with Gasteiger partial charge in [-0.25, -0.2) is 5.01 Å². The summed E-state index contributed by atoms with van der Waals surface area (Å²) >= 11 is 1.51. The van der Waals surface area contributed by atoms with Gasteiger partial charge in [0, 0.05) is 18.8 Å². The second kappa shape index (κ2) is 17.9. The molecule has 1 atom stereocenters. The summed E-state index contributed by atoms with van der Waals surface area (Å²) < 4.78 is 10.7. The molecule has 1 aliphatic rings. The number of anilines is 1. The van der Waals surface area contributed by atoms with Crippen LogP contribution in [0.25, 0.3) is 5.57 Å². The Morgan fingerprint density at radius 2 is 1.81 bits per heavy atom. The maximum absolute atomic E-state index is 10.0. The van der Waals surface area contributed by atoms with Crippen molar-refractivity contribution in [1.29, 1.82) is 0 Å². The minimum absolute atomic E-state index is 0.0255. The van der Waals surface area contributed by atoms with Gasteiger partial charge in [-0.1, -0.05) is 71.6 Å². The lowest BCUT2D eigenvalue weighted by Gasteiger charge is -2.16. The van der Waals surface area contributed by atoms with Crippen molar-refractivity contribution in [1.82, 2.24) is 5.01 Å². The van der Waals surface area contributed by atoms with Crippen LogP contribution in [-0.4, -0.2) is 28.9 Å². The van der Waals surface area contributed by atoms with Gasteiger partial charge in [0.05, 0.1) is 17.7 Å². The third kappa shape index (κ3) is 13.1. The zero-order chi connectivity index (χ0) is 26.9. The van der Waals surface area contributed by atoms with Crippen LogP contribution in [0.4, 0.5) is 5.69 Å². The highest BCUT2D eigenvalue weighted by Gasteiger charge is 2.22. The number of hydrogen-bond donors (Lipinski definition) is 1. The number of hydrogen-bond acceptors (Lipinski definition) is 7. The summed E-state index contributed by atoms with van der Waals surface area (Å²) in [6.07, 6.45) is 11.6. The molecule has 0 amide bonds. The predicted octanol–water partition coefficient (Wildman–Crippen LogP) is 8.17. The molecule has 1 unspecified atom stereocenters. The molecule has 36 heavy (non-hydrogen) atoms. The van der Waals surface area contributed by atoms with E-state index >= 15 is 0 Å². The molecular formula is C29H47N3O3S. The molecule has 7 heteroatoms. The van der Waals surface area contributed by atoms with Crippen LogP contribution < -0.4 is 5.73 Å². The number of ether oxygens (including phenoxy) is 2. The maximum atomic E-state index is 10.0. The Bertz CT molecular complexity index is 850. The van der Waals surface area contributed by atoms with Crippen LogP contribution >= 0.6 is 11.8 Å². The minimum Gasteiger partial charge on any atom is -0.471 e. The van der Waals surface area contributed by atoms with Crippen molar-refractivity contribution >= 4 is 34.2 Å². The molecular weight excluding hydrogens is 470 g/mol. The van der Waals surface area contributed by atoms with Crippen molar-refractivity contribution in [2.75, 3.05) is 12.3 Å². The quantitative estimate of drug-likeness (QED) is 0.161. The SMILES string of the molecule is C=C1SC(OCC(CCC)CCCCC)=NN1/C=C(\CCC)c1ccc(N)cc1.CC(=O)OC(C)C. The molecule has 1 aromatic rings. The lowest BCUT2D eigenvalue weighted by Crippen LogP contribution is -2.12. The molecule has 0 aliphatic carbocycles. The number of benzene rings is 1. The molecule has 0 spiro atoms. The number of esters is 1. The van der Waals surface area contributed by atoms with Crippen LogP contribution in [0, 0.1) is 5.92 Å². The van der Waals surface area contributed by atoms with Gasteiger partial charge in [-0.05, 0) is 74.1 Å². The Balaban J connectivity index is 0.000000809. The van der Waals surface area contributed by atoms with Gasteiger partial charge in [0.1, 0.15) is 0 Å². The number of carbonyl (C=O) groups excluding carboxylic acids is 1. The molecule has 202 valence electrons. The van der Waals surface area contributed by atoms with E-state index in [9.17, 15) is 4.79 Å². The fourth-order valence-corrected chi connectivity index (χ4v) is 4.44. The predicted molar refractivity (Wildman–Crippen MR) is 155 cm³/mol. The third-order valence-corrected chi connectivity index (χ3v) is 6.28. The zero-order valence-corrected chi connectivity index (χ0v) is 24.0. The van der Waals surface area contributed by atoms with Crippen LogP contribution in [-0.2, 0) is 14.3 Å². The van der Waals surface area contributed by atoms with Gasteiger partial charge in [0.2, 0.25) is 0 Å². The Morgan fingerprint density at radius 1 is 1.11 bits per heavy atom. The number of thioether (sulfide) groups is 1. The second-order valence-corrected chi connectivity index (χ2v) is 10.4. The Kier molecular flexibility index (Phi) is 15.7. The first-order valence-electron chi connectivity index (χ1n) is 13.3. The van der Waals surface area contributed by atoms with Gasteiger partial charge >= 0.3 is 5.97 Å². The summed E-state index contributed by atoms with van der Waals surface area (Å²) in [7, 11) is 0. The van der Waals surface area contributed by atoms with E-state index in [1.807, 2.05) is 31.0 Å². The second-order valence-electron chi connectivity index (χ2n) is 9.35. The smallest absolute Gasteiger partial charge is 0.302 e. The van der Waals surface area contributed by atoms with Crippen molar-refractivity contribution in [2.24, 2.45) is 11.0 Å². The monoisotopic (exact) mass is 517 g/mol. The Labute approximate surface area is 223 Å². The van der Waals surface area contributed by atoms with Gasteiger partial charge in [-0.15, -0.1) is 5.10 Å². The molecule has 0 fully saturated rings. The topological polar surface area (TPSA) is 77.1 Å².